The topological polar surface area (TPSA) is 69.7 Å². The molecule has 0 bridgehead atoms. The van der Waals surface area contributed by atoms with Crippen LogP contribution in [0.3, 0.4) is 0 Å². The van der Waals surface area contributed by atoms with Gasteiger partial charge in [-0.15, -0.1) is 0 Å². The monoisotopic (exact) mass is 415 g/mol. The van der Waals surface area contributed by atoms with E-state index in [-0.39, 0.29) is 16.8 Å². The van der Waals surface area contributed by atoms with Crippen LogP contribution >= 0.6 is 0 Å². The summed E-state index contributed by atoms with van der Waals surface area (Å²) >= 11 is 0. The summed E-state index contributed by atoms with van der Waals surface area (Å²) in [5, 5.41) is 0. The first-order valence-corrected chi connectivity index (χ1v) is 11.5. The van der Waals surface area contributed by atoms with E-state index in [2.05, 4.69) is 23.5 Å². The van der Waals surface area contributed by atoms with Gasteiger partial charge in [0.05, 0.1) is 10.6 Å². The molecule has 1 heterocycles. The molecule has 1 N–H and O–H groups in total. The molecular formula is C22H29N3O3S. The van der Waals surface area contributed by atoms with Crippen LogP contribution in [0, 0.1) is 6.92 Å². The van der Waals surface area contributed by atoms with Gasteiger partial charge in [0.2, 0.25) is 5.91 Å². The van der Waals surface area contributed by atoms with Crippen molar-refractivity contribution < 1.29 is 13.2 Å². The van der Waals surface area contributed by atoms with E-state index >= 15 is 0 Å². The number of rotatable bonds is 6. The Morgan fingerprint density at radius 2 is 1.86 bits per heavy atom. The molecule has 0 saturated carbocycles. The SMILES string of the molecule is CCN(CC)c1ccc(NS(=O)(=O)c2ccc3c(c2)C[C@H](C)N3C(C)=O)c(C)c1. The molecule has 0 spiro atoms. The molecule has 0 saturated heterocycles. The number of amides is 1. The van der Waals surface area contributed by atoms with Crippen molar-refractivity contribution in [3.63, 3.8) is 0 Å². The maximum absolute atomic E-state index is 13.0. The summed E-state index contributed by atoms with van der Waals surface area (Å²) in [6, 6.07) is 10.8. The van der Waals surface area contributed by atoms with E-state index < -0.39 is 10.0 Å². The van der Waals surface area contributed by atoms with Crippen molar-refractivity contribution >= 4 is 33.0 Å². The third kappa shape index (κ3) is 4.10. The Morgan fingerprint density at radius 1 is 1.17 bits per heavy atom. The number of carbonyl (C=O) groups is 1. The molecule has 0 fully saturated rings. The van der Waals surface area contributed by atoms with Crippen molar-refractivity contribution in [2.75, 3.05) is 27.6 Å². The van der Waals surface area contributed by atoms with E-state index in [0.717, 1.165) is 35.6 Å². The lowest BCUT2D eigenvalue weighted by Crippen LogP contribution is -2.33. The van der Waals surface area contributed by atoms with Gasteiger partial charge < -0.3 is 9.80 Å². The molecule has 0 aliphatic carbocycles. The quantitative estimate of drug-likeness (QED) is 0.776. The van der Waals surface area contributed by atoms with Crippen molar-refractivity contribution in [3.8, 4) is 0 Å². The van der Waals surface area contributed by atoms with Gasteiger partial charge in [-0.2, -0.15) is 0 Å². The molecule has 6 nitrogen and oxygen atoms in total. The van der Waals surface area contributed by atoms with Gasteiger partial charge in [0, 0.05) is 37.4 Å². The molecule has 1 aliphatic rings. The summed E-state index contributed by atoms with van der Waals surface area (Å²) in [5.74, 6) is -0.0334. The molecule has 7 heteroatoms. The lowest BCUT2D eigenvalue weighted by atomic mass is 10.1. The molecule has 1 aliphatic heterocycles. The summed E-state index contributed by atoms with van der Waals surface area (Å²) in [6.07, 6.45) is 0.649. The van der Waals surface area contributed by atoms with E-state index in [1.807, 2.05) is 32.0 Å². The third-order valence-electron chi connectivity index (χ3n) is 5.50. The van der Waals surface area contributed by atoms with E-state index in [0.29, 0.717) is 12.1 Å². The summed E-state index contributed by atoms with van der Waals surface area (Å²) in [4.78, 5) is 16.0. The zero-order chi connectivity index (χ0) is 21.3. The van der Waals surface area contributed by atoms with Crippen LogP contribution in [-0.4, -0.2) is 33.5 Å². The maximum Gasteiger partial charge on any atom is 0.261 e. The van der Waals surface area contributed by atoms with Crippen LogP contribution in [0.4, 0.5) is 17.1 Å². The van der Waals surface area contributed by atoms with Gasteiger partial charge in [0.25, 0.3) is 10.0 Å². The Balaban J connectivity index is 1.88. The first-order chi connectivity index (χ1) is 13.7. The first-order valence-electron chi connectivity index (χ1n) is 9.99. The largest absolute Gasteiger partial charge is 0.372 e. The second-order valence-corrected chi connectivity index (χ2v) is 9.19. The predicted molar refractivity (Wildman–Crippen MR) is 118 cm³/mol. The Labute approximate surface area is 173 Å². The molecule has 0 unspecified atom stereocenters. The van der Waals surface area contributed by atoms with Gasteiger partial charge in [-0.25, -0.2) is 8.42 Å². The molecular weight excluding hydrogens is 386 g/mol. The van der Waals surface area contributed by atoms with Gasteiger partial charge in [0.1, 0.15) is 0 Å². The van der Waals surface area contributed by atoms with Crippen molar-refractivity contribution in [2.45, 2.75) is 52.0 Å². The van der Waals surface area contributed by atoms with Gasteiger partial charge >= 0.3 is 0 Å². The van der Waals surface area contributed by atoms with Gasteiger partial charge in [-0.1, -0.05) is 0 Å². The maximum atomic E-state index is 13.0. The van der Waals surface area contributed by atoms with Gasteiger partial charge in [0.15, 0.2) is 0 Å². The molecule has 1 atom stereocenters. The Kier molecular flexibility index (Phi) is 5.89. The fourth-order valence-corrected chi connectivity index (χ4v) is 5.19. The summed E-state index contributed by atoms with van der Waals surface area (Å²) in [5.41, 5.74) is 4.19. The Hall–Kier alpha value is -2.54. The zero-order valence-corrected chi connectivity index (χ0v) is 18.5. The highest BCUT2D eigenvalue weighted by Gasteiger charge is 2.30. The number of fused-ring (bicyclic) bond motifs is 1. The third-order valence-corrected chi connectivity index (χ3v) is 6.86. The first kappa shape index (κ1) is 21.2. The number of sulfonamides is 1. The van der Waals surface area contributed by atoms with Crippen LogP contribution in [0.15, 0.2) is 41.3 Å². The Morgan fingerprint density at radius 3 is 2.45 bits per heavy atom. The van der Waals surface area contributed by atoms with Crippen LogP contribution in [0.25, 0.3) is 0 Å². The minimum atomic E-state index is -3.72. The number of hydrogen-bond donors (Lipinski definition) is 1. The van der Waals surface area contributed by atoms with Crippen LogP contribution in [0.1, 0.15) is 38.8 Å². The average Bonchev–Trinajstić information content (AvgIpc) is 2.99. The molecule has 1 amide bonds. The minimum absolute atomic E-state index is 0.0308. The second-order valence-electron chi connectivity index (χ2n) is 7.51. The van der Waals surface area contributed by atoms with E-state index in [4.69, 9.17) is 0 Å². The highest BCUT2D eigenvalue weighted by molar-refractivity contribution is 7.92. The highest BCUT2D eigenvalue weighted by atomic mass is 32.2. The molecule has 0 aromatic heterocycles. The molecule has 2 aromatic rings. The summed E-state index contributed by atoms with van der Waals surface area (Å²) < 4.78 is 28.7. The Bertz CT molecular complexity index is 1030. The van der Waals surface area contributed by atoms with Crippen LogP contribution < -0.4 is 14.5 Å². The van der Waals surface area contributed by atoms with Crippen LogP contribution in [0.5, 0.6) is 0 Å². The van der Waals surface area contributed by atoms with E-state index in [1.54, 1.807) is 23.1 Å². The molecule has 2 aromatic carbocycles. The molecule has 3 rings (SSSR count). The van der Waals surface area contributed by atoms with Crippen molar-refractivity contribution in [1.29, 1.82) is 0 Å². The molecule has 0 radical (unpaired) electrons. The number of nitrogens with zero attached hydrogens (tertiary/aromatic N) is 2. The predicted octanol–water partition coefficient (Wildman–Crippen LogP) is 3.94. The highest BCUT2D eigenvalue weighted by Crippen LogP contribution is 2.34. The van der Waals surface area contributed by atoms with Crippen molar-refractivity contribution in [3.05, 3.63) is 47.5 Å². The van der Waals surface area contributed by atoms with E-state index in [9.17, 15) is 13.2 Å². The van der Waals surface area contributed by atoms with Crippen molar-refractivity contribution in [2.24, 2.45) is 0 Å². The van der Waals surface area contributed by atoms with Gasteiger partial charge in [-0.05, 0) is 81.6 Å². The average molecular weight is 416 g/mol. The van der Waals surface area contributed by atoms with Crippen molar-refractivity contribution in [1.82, 2.24) is 0 Å². The molecule has 156 valence electrons. The number of carbonyl (C=O) groups excluding carboxylic acids is 1. The lowest BCUT2D eigenvalue weighted by Gasteiger charge is -2.22. The summed E-state index contributed by atoms with van der Waals surface area (Å²) in [7, 11) is -3.72. The van der Waals surface area contributed by atoms with E-state index in [1.165, 1.54) is 6.92 Å². The number of anilines is 3. The number of nitrogens with one attached hydrogen (secondary N) is 1. The fourth-order valence-electron chi connectivity index (χ4n) is 4.01. The number of aryl methyl sites for hydroxylation is 1. The van der Waals surface area contributed by atoms with Crippen LogP contribution in [0.2, 0.25) is 0 Å². The standard InChI is InChI=1S/C22H29N3O3S/c1-6-24(7-2)19-8-10-21(15(3)12-19)23-29(27,28)20-9-11-22-18(14-20)13-16(4)25(22)17(5)26/h8-12,14,16,23H,6-7,13H2,1-5H3/t16-/m0/s1. The number of hydrogen-bond acceptors (Lipinski definition) is 4. The van der Waals surface area contributed by atoms with Gasteiger partial charge in [-0.3, -0.25) is 9.52 Å². The minimum Gasteiger partial charge on any atom is -0.372 e. The zero-order valence-electron chi connectivity index (χ0n) is 17.7. The normalized spacial score (nSPS) is 15.9. The fraction of sp³-hybridized carbons (Fsp3) is 0.409. The number of benzene rings is 2. The molecule has 29 heavy (non-hydrogen) atoms. The van der Waals surface area contributed by atoms with Crippen LogP contribution in [-0.2, 0) is 21.2 Å². The smallest absolute Gasteiger partial charge is 0.261 e. The summed E-state index contributed by atoms with van der Waals surface area (Å²) in [6.45, 7) is 11.4. The second kappa shape index (κ2) is 8.06. The lowest BCUT2D eigenvalue weighted by molar-refractivity contribution is -0.116.